The second-order valence-electron chi connectivity index (χ2n) is 11.2. The molecule has 48 heavy (non-hydrogen) atoms. The summed E-state index contributed by atoms with van der Waals surface area (Å²) >= 11 is 0. The Labute approximate surface area is 273 Å². The van der Waals surface area contributed by atoms with Crippen molar-refractivity contribution in [1.29, 1.82) is 0 Å². The number of hydrogen-bond acceptors (Lipinski definition) is 8. The number of alkyl halides is 6. The lowest BCUT2D eigenvalue weighted by molar-refractivity contribution is -0.231. The van der Waals surface area contributed by atoms with Gasteiger partial charge in [-0.15, -0.1) is 0 Å². The monoisotopic (exact) mass is 698 g/mol. The zero-order valence-electron chi connectivity index (χ0n) is 25.8. The molecule has 0 saturated carbocycles. The van der Waals surface area contributed by atoms with Gasteiger partial charge in [0.2, 0.25) is 0 Å². The molecule has 3 atom stereocenters. The first-order valence-electron chi connectivity index (χ1n) is 14.8. The smallest absolute Gasteiger partial charge is 0.349 e. The van der Waals surface area contributed by atoms with Gasteiger partial charge in [0.1, 0.15) is 6.33 Å². The predicted molar refractivity (Wildman–Crippen MR) is 160 cm³/mol. The predicted octanol–water partition coefficient (Wildman–Crippen LogP) is 6.71. The maximum Gasteiger partial charge on any atom is 0.416 e. The molecule has 0 spiro atoms. The van der Waals surface area contributed by atoms with Crippen LogP contribution in [-0.4, -0.2) is 54.1 Å². The van der Waals surface area contributed by atoms with Gasteiger partial charge >= 0.3 is 12.4 Å². The van der Waals surface area contributed by atoms with Gasteiger partial charge in [-0.2, -0.15) is 39.9 Å². The summed E-state index contributed by atoms with van der Waals surface area (Å²) < 4.78 is 125. The number of ether oxygens (including phenoxy) is 2. The van der Waals surface area contributed by atoms with Crippen molar-refractivity contribution < 1.29 is 48.4 Å². The minimum atomic E-state index is -5.00. The van der Waals surface area contributed by atoms with E-state index in [9.17, 15) is 34.8 Å². The Balaban J connectivity index is 1.31. The van der Waals surface area contributed by atoms with Gasteiger partial charge in [0, 0.05) is 6.54 Å². The second kappa shape index (κ2) is 14.3. The minimum Gasteiger partial charge on any atom is -0.349 e. The summed E-state index contributed by atoms with van der Waals surface area (Å²) in [5, 5.41) is 4.43. The van der Waals surface area contributed by atoms with E-state index < -0.39 is 52.0 Å². The van der Waals surface area contributed by atoms with Crippen LogP contribution in [-0.2, 0) is 49.2 Å². The lowest BCUT2D eigenvalue weighted by atomic mass is 10.0. The molecule has 0 bridgehead atoms. The van der Waals surface area contributed by atoms with Crippen LogP contribution < -0.4 is 0 Å². The van der Waals surface area contributed by atoms with Gasteiger partial charge in [-0.25, -0.2) is 4.98 Å². The number of hydrogen-bond donors (Lipinski definition) is 0. The Morgan fingerprint density at radius 2 is 1.60 bits per heavy atom. The highest BCUT2D eigenvalue weighted by Gasteiger charge is 2.39. The van der Waals surface area contributed by atoms with Crippen LogP contribution in [0.4, 0.5) is 26.3 Å². The Morgan fingerprint density at radius 3 is 2.23 bits per heavy atom. The molecular weight excluding hydrogens is 666 g/mol. The number of rotatable bonds is 11. The van der Waals surface area contributed by atoms with Crippen molar-refractivity contribution in [2.75, 3.05) is 19.8 Å². The molecule has 0 unspecified atom stereocenters. The summed E-state index contributed by atoms with van der Waals surface area (Å²) in [4.78, 5) is 6.30. The molecule has 2 heterocycles. The van der Waals surface area contributed by atoms with E-state index >= 15 is 0 Å². The molecule has 258 valence electrons. The van der Waals surface area contributed by atoms with Crippen LogP contribution in [0.15, 0.2) is 84.0 Å². The van der Waals surface area contributed by atoms with Crippen molar-refractivity contribution in [1.82, 2.24) is 19.7 Å². The molecular formula is C32H32F6N4O5S. The first-order chi connectivity index (χ1) is 22.6. The molecule has 1 saturated heterocycles. The van der Waals surface area contributed by atoms with E-state index in [4.69, 9.17) is 13.7 Å². The third-order valence-electron chi connectivity index (χ3n) is 7.67. The molecule has 9 nitrogen and oxygen atoms in total. The van der Waals surface area contributed by atoms with Crippen molar-refractivity contribution in [3.05, 3.63) is 113 Å². The SMILES string of the molecule is Cc1ccc(S(=O)(=O)OCCn2cnc(CN3CCO[C@H](O[C@H](C)c4cc(C(F)(F)F)cc(C(F)(F)F)c4)[C@@H]3c3ccccc3)n2)cc1. The average Bonchev–Trinajstić information content (AvgIpc) is 3.47. The minimum absolute atomic E-state index is 0.0339. The molecule has 0 aliphatic carbocycles. The van der Waals surface area contributed by atoms with Gasteiger partial charge in [-0.05, 0) is 55.3 Å². The molecule has 1 aliphatic rings. The van der Waals surface area contributed by atoms with Crippen LogP contribution in [0.1, 0.15) is 52.7 Å². The highest BCUT2D eigenvalue weighted by atomic mass is 32.2. The summed E-state index contributed by atoms with van der Waals surface area (Å²) in [7, 11) is -3.97. The van der Waals surface area contributed by atoms with Crippen LogP contribution in [0.25, 0.3) is 0 Å². The molecule has 0 radical (unpaired) electrons. The van der Waals surface area contributed by atoms with Crippen LogP contribution in [0.3, 0.4) is 0 Å². The summed E-state index contributed by atoms with van der Waals surface area (Å²) in [6.07, 6.45) is -10.9. The van der Waals surface area contributed by atoms with Crippen LogP contribution in [0.2, 0.25) is 0 Å². The van der Waals surface area contributed by atoms with Gasteiger partial charge in [0.05, 0.1) is 54.5 Å². The van der Waals surface area contributed by atoms with E-state index in [0.717, 1.165) is 11.1 Å². The maximum absolute atomic E-state index is 13.5. The highest BCUT2D eigenvalue weighted by Crippen LogP contribution is 2.39. The van der Waals surface area contributed by atoms with Crippen molar-refractivity contribution in [3.8, 4) is 0 Å². The van der Waals surface area contributed by atoms with E-state index in [-0.39, 0.29) is 42.8 Å². The van der Waals surface area contributed by atoms with Crippen molar-refractivity contribution in [2.45, 2.75) is 62.6 Å². The van der Waals surface area contributed by atoms with Crippen molar-refractivity contribution >= 4 is 10.1 Å². The molecule has 16 heteroatoms. The molecule has 1 aromatic heterocycles. The topological polar surface area (TPSA) is 95.8 Å². The number of benzene rings is 3. The molecule has 1 aliphatic heterocycles. The molecule has 0 amide bonds. The number of nitrogens with zero attached hydrogens (tertiary/aromatic N) is 4. The van der Waals surface area contributed by atoms with Crippen LogP contribution >= 0.6 is 0 Å². The summed E-state index contributed by atoms with van der Waals surface area (Å²) in [6, 6.07) is 15.9. The van der Waals surface area contributed by atoms with Crippen LogP contribution in [0.5, 0.6) is 0 Å². The fourth-order valence-corrected chi connectivity index (χ4v) is 6.10. The standard InChI is InChI=1S/C32H32F6N4O5S/c1-21-8-10-27(11-9-21)48(43,44)46-15-13-42-20-39-28(40-42)19-41-12-14-45-30(29(41)23-6-4-3-5-7-23)47-22(2)24-16-25(31(33,34)35)18-26(17-24)32(36,37)38/h3-11,16-18,20,22,29-30H,12-15,19H2,1-2H3/t22-,29+,30-/m1/s1. The molecule has 5 rings (SSSR count). The van der Waals surface area contributed by atoms with Gasteiger partial charge in [0.25, 0.3) is 10.1 Å². The lowest BCUT2D eigenvalue weighted by Gasteiger charge is -2.41. The Hall–Kier alpha value is -3.83. The molecule has 3 aromatic carbocycles. The largest absolute Gasteiger partial charge is 0.416 e. The van der Waals surface area contributed by atoms with E-state index in [1.807, 2.05) is 11.8 Å². The molecule has 0 N–H and O–H groups in total. The third-order valence-corrected chi connectivity index (χ3v) is 8.99. The van der Waals surface area contributed by atoms with Gasteiger partial charge in [-0.1, -0.05) is 48.0 Å². The Morgan fingerprint density at radius 1 is 0.958 bits per heavy atom. The average molecular weight is 699 g/mol. The van der Waals surface area contributed by atoms with E-state index in [1.165, 1.54) is 30.1 Å². The fourth-order valence-electron chi connectivity index (χ4n) is 5.20. The Bertz CT molecular complexity index is 1750. The quantitative estimate of drug-likeness (QED) is 0.126. The number of morpholine rings is 1. The van der Waals surface area contributed by atoms with Crippen molar-refractivity contribution in [2.24, 2.45) is 0 Å². The fraction of sp³-hybridized carbons (Fsp3) is 0.375. The first kappa shape index (κ1) is 35.5. The zero-order valence-corrected chi connectivity index (χ0v) is 26.6. The van der Waals surface area contributed by atoms with E-state index in [2.05, 4.69) is 10.1 Å². The van der Waals surface area contributed by atoms with Crippen LogP contribution in [0, 0.1) is 6.92 Å². The molecule has 1 fully saturated rings. The summed E-state index contributed by atoms with van der Waals surface area (Å²) in [6.45, 7) is 3.79. The molecule has 4 aromatic rings. The number of aromatic nitrogens is 3. The second-order valence-corrected chi connectivity index (χ2v) is 12.8. The summed E-state index contributed by atoms with van der Waals surface area (Å²) in [5.74, 6) is 0.374. The van der Waals surface area contributed by atoms with Gasteiger partial charge in [-0.3, -0.25) is 13.8 Å². The third kappa shape index (κ3) is 8.79. The van der Waals surface area contributed by atoms with Gasteiger partial charge in [0.15, 0.2) is 12.1 Å². The lowest BCUT2D eigenvalue weighted by Crippen LogP contribution is -2.46. The summed E-state index contributed by atoms with van der Waals surface area (Å²) in [5.41, 5.74) is -1.55. The highest BCUT2D eigenvalue weighted by molar-refractivity contribution is 7.86. The van der Waals surface area contributed by atoms with Gasteiger partial charge < -0.3 is 9.47 Å². The number of halogens is 6. The maximum atomic E-state index is 13.5. The van der Waals surface area contributed by atoms with Crippen molar-refractivity contribution in [3.63, 3.8) is 0 Å². The first-order valence-corrected chi connectivity index (χ1v) is 16.2. The number of aryl methyl sites for hydroxylation is 1. The normalized spacial score (nSPS) is 18.6. The zero-order chi connectivity index (χ0) is 34.7. The van der Waals surface area contributed by atoms with E-state index in [1.54, 1.807) is 42.5 Å². The Kier molecular flexibility index (Phi) is 10.6. The van der Waals surface area contributed by atoms with E-state index in [0.29, 0.717) is 24.5 Å².